The second-order valence-electron chi connectivity index (χ2n) is 10.7. The number of alkyl carbamates (subject to hydrolysis) is 1. The topological polar surface area (TPSA) is 150 Å². The summed E-state index contributed by atoms with van der Waals surface area (Å²) in [4.78, 5) is 29.5. The molecule has 1 aliphatic carbocycles. The van der Waals surface area contributed by atoms with Crippen LogP contribution in [0, 0.1) is 11.2 Å². The van der Waals surface area contributed by atoms with Gasteiger partial charge in [0.2, 0.25) is 0 Å². The van der Waals surface area contributed by atoms with Crippen LogP contribution in [0.4, 0.5) is 9.18 Å². The van der Waals surface area contributed by atoms with Gasteiger partial charge in [-0.2, -0.15) is 12.7 Å². The third kappa shape index (κ3) is 10.3. The number of ether oxygens (including phenoxy) is 1. The van der Waals surface area contributed by atoms with Crippen LogP contribution in [-0.2, 0) is 32.7 Å². The van der Waals surface area contributed by atoms with Gasteiger partial charge in [0, 0.05) is 45.0 Å². The van der Waals surface area contributed by atoms with Gasteiger partial charge in [-0.3, -0.25) is 9.78 Å². The average Bonchev–Trinajstić information content (AvgIpc) is 2.93. The van der Waals surface area contributed by atoms with Crippen LogP contribution in [0.15, 0.2) is 48.8 Å². The van der Waals surface area contributed by atoms with Crippen LogP contribution in [0.2, 0.25) is 0 Å². The predicted octanol–water partition coefficient (Wildman–Crippen LogP) is 2.27. The zero-order chi connectivity index (χ0) is 29.9. The van der Waals surface area contributed by atoms with E-state index in [1.54, 1.807) is 36.7 Å². The van der Waals surface area contributed by atoms with Gasteiger partial charge in [-0.1, -0.05) is 24.6 Å². The van der Waals surface area contributed by atoms with Crippen LogP contribution >= 0.6 is 0 Å². The smallest absolute Gasteiger partial charge is 0.407 e. The fourth-order valence-electron chi connectivity index (χ4n) is 4.60. The Kier molecular flexibility index (Phi) is 12.0. The number of carbonyl (C=O) groups excluding carboxylic acids is 2. The van der Waals surface area contributed by atoms with Crippen molar-refractivity contribution in [3.63, 3.8) is 0 Å². The molecule has 0 spiro atoms. The largest absolute Gasteiger partial charge is 0.449 e. The number of hydrogen-bond donors (Lipinski definition) is 4. The standard InChI is InChI=1S/C28H40FN5O6S/c1-34(2)41(38,39)32-16-4-3-8-24(25(35)26(36)31-19-22-7-5-15-30-18-22)33-27(37)40-20-28(13-6-14-28)17-21-9-11-23(29)12-10-21/h5,7,9-12,15,18,24-25,32,35H,3-4,6,8,13-14,16-17,19-20H2,1-2H3,(H,31,36)(H,33,37)/t24-,25?/m0/s1. The van der Waals surface area contributed by atoms with E-state index in [0.29, 0.717) is 19.3 Å². The first-order valence-corrected chi connectivity index (χ1v) is 15.1. The number of aliphatic hydroxyl groups is 1. The number of nitrogens with zero attached hydrogens (tertiary/aromatic N) is 2. The lowest BCUT2D eigenvalue weighted by Crippen LogP contribution is -2.51. The first kappa shape index (κ1) is 32.4. The number of carbonyl (C=O) groups is 2. The summed E-state index contributed by atoms with van der Waals surface area (Å²) in [6, 6.07) is 8.82. The zero-order valence-corrected chi connectivity index (χ0v) is 24.3. The second kappa shape index (κ2) is 15.2. The van der Waals surface area contributed by atoms with E-state index in [2.05, 4.69) is 20.3 Å². The molecule has 1 aliphatic rings. The minimum atomic E-state index is -3.57. The molecular weight excluding hydrogens is 553 g/mol. The molecule has 1 aromatic heterocycles. The van der Waals surface area contributed by atoms with Crippen molar-refractivity contribution in [1.82, 2.24) is 24.6 Å². The maximum atomic E-state index is 13.3. The van der Waals surface area contributed by atoms with Gasteiger partial charge < -0.3 is 20.5 Å². The van der Waals surface area contributed by atoms with Crippen molar-refractivity contribution < 1.29 is 32.2 Å². The summed E-state index contributed by atoms with van der Waals surface area (Å²) in [6.07, 6.45) is 5.31. The molecule has 0 bridgehead atoms. The monoisotopic (exact) mass is 593 g/mol. The van der Waals surface area contributed by atoms with E-state index in [1.165, 1.54) is 26.2 Å². The number of aliphatic hydroxyl groups excluding tert-OH is 1. The van der Waals surface area contributed by atoms with E-state index >= 15 is 0 Å². The molecule has 0 saturated heterocycles. The van der Waals surface area contributed by atoms with Crippen LogP contribution in [0.5, 0.6) is 0 Å². The molecule has 0 aliphatic heterocycles. The maximum absolute atomic E-state index is 13.3. The summed E-state index contributed by atoms with van der Waals surface area (Å²) in [7, 11) is -0.731. The highest BCUT2D eigenvalue weighted by atomic mass is 32.2. The number of amides is 2. The van der Waals surface area contributed by atoms with Gasteiger partial charge in [0.1, 0.15) is 5.82 Å². The Bertz CT molecular complexity index is 1230. The van der Waals surface area contributed by atoms with E-state index in [1.807, 2.05) is 0 Å². The molecule has 1 unspecified atom stereocenters. The lowest BCUT2D eigenvalue weighted by atomic mass is 9.66. The van der Waals surface area contributed by atoms with Crippen molar-refractivity contribution >= 4 is 22.2 Å². The van der Waals surface area contributed by atoms with Crippen molar-refractivity contribution in [2.45, 2.75) is 63.6 Å². The molecule has 1 saturated carbocycles. The van der Waals surface area contributed by atoms with Gasteiger partial charge in [-0.05, 0) is 67.9 Å². The lowest BCUT2D eigenvalue weighted by Gasteiger charge is -2.41. The van der Waals surface area contributed by atoms with Gasteiger partial charge in [-0.15, -0.1) is 0 Å². The van der Waals surface area contributed by atoms with Gasteiger partial charge in [0.25, 0.3) is 16.1 Å². The van der Waals surface area contributed by atoms with Gasteiger partial charge in [0.15, 0.2) is 6.10 Å². The number of hydrogen-bond acceptors (Lipinski definition) is 7. The normalized spacial score (nSPS) is 15.9. The highest BCUT2D eigenvalue weighted by Crippen LogP contribution is 2.44. The molecule has 0 radical (unpaired) electrons. The van der Waals surface area contributed by atoms with E-state index < -0.39 is 34.4 Å². The van der Waals surface area contributed by atoms with Crippen molar-refractivity contribution in [3.05, 3.63) is 65.7 Å². The number of nitrogens with one attached hydrogen (secondary N) is 3. The first-order valence-electron chi connectivity index (χ1n) is 13.7. The minimum Gasteiger partial charge on any atom is -0.449 e. The molecule has 11 nitrogen and oxygen atoms in total. The summed E-state index contributed by atoms with van der Waals surface area (Å²) in [5.41, 5.74) is 1.46. The molecule has 13 heteroatoms. The Labute approximate surface area is 241 Å². The predicted molar refractivity (Wildman–Crippen MR) is 151 cm³/mol. The van der Waals surface area contributed by atoms with Crippen LogP contribution in [0.25, 0.3) is 0 Å². The third-order valence-corrected chi connectivity index (χ3v) is 8.80. The summed E-state index contributed by atoms with van der Waals surface area (Å²) in [5, 5.41) is 16.1. The van der Waals surface area contributed by atoms with Gasteiger partial charge >= 0.3 is 6.09 Å². The van der Waals surface area contributed by atoms with E-state index in [-0.39, 0.29) is 37.3 Å². The van der Waals surface area contributed by atoms with Crippen LogP contribution in [0.1, 0.15) is 49.7 Å². The Morgan fingerprint density at radius 1 is 1.15 bits per heavy atom. The van der Waals surface area contributed by atoms with Crippen LogP contribution < -0.4 is 15.4 Å². The molecule has 226 valence electrons. The average molecular weight is 594 g/mol. The second-order valence-corrected chi connectivity index (χ2v) is 12.7. The molecule has 1 fully saturated rings. The number of unbranched alkanes of at least 4 members (excludes halogenated alkanes) is 1. The Morgan fingerprint density at radius 2 is 1.88 bits per heavy atom. The third-order valence-electron chi connectivity index (χ3n) is 7.27. The van der Waals surface area contributed by atoms with Gasteiger partial charge in [-0.25, -0.2) is 13.9 Å². The Hall–Kier alpha value is -3.13. The highest BCUT2D eigenvalue weighted by molar-refractivity contribution is 7.87. The lowest BCUT2D eigenvalue weighted by molar-refractivity contribution is -0.131. The molecule has 4 N–H and O–H groups in total. The minimum absolute atomic E-state index is 0.151. The summed E-state index contributed by atoms with van der Waals surface area (Å²) in [5.74, 6) is -0.976. The quantitative estimate of drug-likeness (QED) is 0.218. The number of pyridine rings is 1. The summed E-state index contributed by atoms with van der Waals surface area (Å²) >= 11 is 0. The number of aromatic nitrogens is 1. The summed E-state index contributed by atoms with van der Waals surface area (Å²) < 4.78 is 46.2. The fraction of sp³-hybridized carbons (Fsp3) is 0.536. The van der Waals surface area contributed by atoms with Gasteiger partial charge in [0.05, 0.1) is 12.6 Å². The molecule has 2 amide bonds. The van der Waals surface area contributed by atoms with Crippen molar-refractivity contribution in [3.8, 4) is 0 Å². The Morgan fingerprint density at radius 3 is 2.49 bits per heavy atom. The highest BCUT2D eigenvalue weighted by Gasteiger charge is 2.39. The van der Waals surface area contributed by atoms with Crippen molar-refractivity contribution in [1.29, 1.82) is 0 Å². The molecule has 1 heterocycles. The fourth-order valence-corrected chi connectivity index (χ4v) is 5.26. The number of halogens is 1. The van der Waals surface area contributed by atoms with Crippen LogP contribution in [0.3, 0.4) is 0 Å². The molecule has 3 rings (SSSR count). The first-order chi connectivity index (χ1) is 19.5. The Balaban J connectivity index is 1.56. The maximum Gasteiger partial charge on any atom is 0.407 e. The number of rotatable bonds is 16. The van der Waals surface area contributed by atoms with Crippen molar-refractivity contribution in [2.24, 2.45) is 5.41 Å². The molecule has 2 aromatic rings. The molecule has 1 aromatic carbocycles. The van der Waals surface area contributed by atoms with E-state index in [4.69, 9.17) is 4.74 Å². The number of benzene rings is 1. The van der Waals surface area contributed by atoms with Crippen molar-refractivity contribution in [2.75, 3.05) is 27.2 Å². The summed E-state index contributed by atoms with van der Waals surface area (Å²) in [6.45, 7) is 0.463. The van der Waals surface area contributed by atoms with E-state index in [9.17, 15) is 27.5 Å². The molecular formula is C28H40FN5O6S. The zero-order valence-electron chi connectivity index (χ0n) is 23.5. The van der Waals surface area contributed by atoms with E-state index in [0.717, 1.165) is 34.7 Å². The molecule has 2 atom stereocenters. The molecule has 41 heavy (non-hydrogen) atoms. The SMILES string of the molecule is CN(C)S(=O)(=O)NCCCC[C@H](NC(=O)OCC1(Cc2ccc(F)cc2)CCC1)C(O)C(=O)NCc1cccnc1. The van der Waals surface area contributed by atoms with Crippen LogP contribution in [-0.4, -0.2) is 74.2 Å².